The van der Waals surface area contributed by atoms with E-state index in [9.17, 15) is 13.2 Å². The number of rotatable bonds is 5. The number of hydrogen-bond acceptors (Lipinski definition) is 3. The van der Waals surface area contributed by atoms with Crippen LogP contribution in [0, 0.1) is 0 Å². The van der Waals surface area contributed by atoms with Gasteiger partial charge in [0.25, 0.3) is 0 Å². The van der Waals surface area contributed by atoms with Crippen LogP contribution in [0.5, 0.6) is 0 Å². The predicted molar refractivity (Wildman–Crippen MR) is 85.5 cm³/mol. The van der Waals surface area contributed by atoms with E-state index >= 15 is 0 Å². The van der Waals surface area contributed by atoms with E-state index in [0.717, 1.165) is 49.0 Å². The molecule has 0 unspecified atom stereocenters. The maximum atomic E-state index is 12.4. The molecule has 1 aromatic rings. The van der Waals surface area contributed by atoms with Crippen LogP contribution in [0.15, 0.2) is 17.0 Å². The molecule has 2 heterocycles. The number of amides is 1. The molecule has 2 aliphatic rings. The van der Waals surface area contributed by atoms with Crippen LogP contribution in [-0.2, 0) is 27.7 Å². The summed E-state index contributed by atoms with van der Waals surface area (Å²) >= 11 is 0. The van der Waals surface area contributed by atoms with E-state index in [2.05, 4.69) is 4.72 Å². The molecule has 2 aliphatic heterocycles. The quantitative estimate of drug-likeness (QED) is 0.843. The van der Waals surface area contributed by atoms with Gasteiger partial charge in [-0.25, -0.2) is 13.1 Å². The van der Waals surface area contributed by atoms with Crippen LogP contribution in [0.1, 0.15) is 43.7 Å². The average molecular weight is 322 g/mol. The van der Waals surface area contributed by atoms with Gasteiger partial charge in [-0.1, -0.05) is 13.3 Å². The van der Waals surface area contributed by atoms with Gasteiger partial charge in [0.15, 0.2) is 0 Å². The predicted octanol–water partition coefficient (Wildman–Crippen LogP) is 1.99. The smallest absolute Gasteiger partial charge is 0.240 e. The van der Waals surface area contributed by atoms with Gasteiger partial charge >= 0.3 is 0 Å². The van der Waals surface area contributed by atoms with E-state index in [1.54, 1.807) is 12.1 Å². The zero-order chi connectivity index (χ0) is 15.7. The third-order valence-corrected chi connectivity index (χ3v) is 5.82. The van der Waals surface area contributed by atoms with Gasteiger partial charge in [0, 0.05) is 19.5 Å². The fraction of sp³-hybridized carbons (Fsp3) is 0.562. The third kappa shape index (κ3) is 2.77. The molecule has 0 radical (unpaired) electrons. The first-order valence-electron chi connectivity index (χ1n) is 7.99. The number of hydrogen-bond donors (Lipinski definition) is 1. The molecule has 120 valence electrons. The number of benzene rings is 1. The standard InChI is InChI=1S/C16H22N2O3S/c1-2-3-8-17-22(20,21)14-10-12-5-4-9-18-15(19)7-6-13(11-14)16(12)18/h10-11,17H,2-9H2,1H3. The van der Waals surface area contributed by atoms with Crippen molar-refractivity contribution in [1.29, 1.82) is 0 Å². The Kier molecular flexibility index (Phi) is 4.23. The van der Waals surface area contributed by atoms with E-state index in [1.165, 1.54) is 0 Å². The first kappa shape index (κ1) is 15.5. The minimum atomic E-state index is -3.46. The molecular formula is C16H22N2O3S. The highest BCUT2D eigenvalue weighted by Gasteiger charge is 2.31. The van der Waals surface area contributed by atoms with Gasteiger partial charge in [-0.15, -0.1) is 0 Å². The minimum absolute atomic E-state index is 0.158. The molecule has 0 saturated carbocycles. The summed E-state index contributed by atoms with van der Waals surface area (Å²) in [6, 6.07) is 3.50. The molecule has 0 saturated heterocycles. The maximum absolute atomic E-state index is 12.4. The van der Waals surface area contributed by atoms with Crippen LogP contribution in [0.2, 0.25) is 0 Å². The van der Waals surface area contributed by atoms with E-state index in [-0.39, 0.29) is 5.91 Å². The summed E-state index contributed by atoms with van der Waals surface area (Å²) in [4.78, 5) is 14.2. The van der Waals surface area contributed by atoms with Crippen LogP contribution in [0.3, 0.4) is 0 Å². The molecular weight excluding hydrogens is 300 g/mol. The first-order chi connectivity index (χ1) is 10.5. The Morgan fingerprint density at radius 2 is 1.91 bits per heavy atom. The Bertz CT molecular complexity index is 680. The van der Waals surface area contributed by atoms with Gasteiger partial charge in [-0.3, -0.25) is 4.79 Å². The number of anilines is 1. The zero-order valence-corrected chi connectivity index (χ0v) is 13.7. The van der Waals surface area contributed by atoms with Crippen molar-refractivity contribution in [3.63, 3.8) is 0 Å². The number of nitrogens with one attached hydrogen (secondary N) is 1. The van der Waals surface area contributed by atoms with Crippen molar-refractivity contribution in [2.24, 2.45) is 0 Å². The van der Waals surface area contributed by atoms with E-state index in [4.69, 9.17) is 0 Å². The fourth-order valence-corrected chi connectivity index (χ4v) is 4.42. The van der Waals surface area contributed by atoms with Crippen LogP contribution in [-0.4, -0.2) is 27.4 Å². The highest BCUT2D eigenvalue weighted by molar-refractivity contribution is 7.89. The molecule has 0 aromatic heterocycles. The summed E-state index contributed by atoms with van der Waals surface area (Å²) in [6.45, 7) is 3.25. The second kappa shape index (κ2) is 6.01. The second-order valence-corrected chi connectivity index (χ2v) is 7.76. The van der Waals surface area contributed by atoms with Crippen molar-refractivity contribution in [1.82, 2.24) is 4.72 Å². The van der Waals surface area contributed by atoms with Gasteiger partial charge in [0.1, 0.15) is 0 Å². The SMILES string of the molecule is CCCCNS(=O)(=O)c1cc2c3c(c1)CCC(=O)N3CCC2. The Morgan fingerprint density at radius 1 is 1.18 bits per heavy atom. The monoisotopic (exact) mass is 322 g/mol. The lowest BCUT2D eigenvalue weighted by atomic mass is 9.92. The Morgan fingerprint density at radius 3 is 2.64 bits per heavy atom. The Balaban J connectivity index is 1.97. The topological polar surface area (TPSA) is 66.5 Å². The lowest BCUT2D eigenvalue weighted by Gasteiger charge is -2.35. The highest BCUT2D eigenvalue weighted by Crippen LogP contribution is 2.37. The number of aryl methyl sites for hydroxylation is 2. The molecule has 0 bridgehead atoms. The summed E-state index contributed by atoms with van der Waals surface area (Å²) in [5.41, 5.74) is 2.95. The molecule has 6 heteroatoms. The summed E-state index contributed by atoms with van der Waals surface area (Å²) in [7, 11) is -3.46. The molecule has 1 aromatic carbocycles. The largest absolute Gasteiger partial charge is 0.312 e. The molecule has 3 rings (SSSR count). The zero-order valence-electron chi connectivity index (χ0n) is 12.9. The summed E-state index contributed by atoms with van der Waals surface area (Å²) < 4.78 is 27.5. The summed E-state index contributed by atoms with van der Waals surface area (Å²) in [5, 5.41) is 0. The number of carbonyl (C=O) groups excluding carboxylic acids is 1. The summed E-state index contributed by atoms with van der Waals surface area (Å²) in [6.07, 6.45) is 4.62. The van der Waals surface area contributed by atoms with Gasteiger partial charge in [-0.2, -0.15) is 0 Å². The van der Waals surface area contributed by atoms with Gasteiger partial charge in [-0.05, 0) is 48.9 Å². The van der Waals surface area contributed by atoms with Gasteiger partial charge < -0.3 is 4.90 Å². The third-order valence-electron chi connectivity index (χ3n) is 4.38. The molecule has 5 nitrogen and oxygen atoms in total. The highest BCUT2D eigenvalue weighted by atomic mass is 32.2. The van der Waals surface area contributed by atoms with E-state index in [0.29, 0.717) is 24.3 Å². The second-order valence-electron chi connectivity index (χ2n) is 5.99. The maximum Gasteiger partial charge on any atom is 0.240 e. The van der Waals surface area contributed by atoms with Crippen LogP contribution in [0.4, 0.5) is 5.69 Å². The van der Waals surface area contributed by atoms with Gasteiger partial charge in [0.2, 0.25) is 15.9 Å². The fourth-order valence-electron chi connectivity index (χ4n) is 3.24. The molecule has 0 fully saturated rings. The number of carbonyl (C=O) groups is 1. The van der Waals surface area contributed by atoms with E-state index in [1.807, 2.05) is 11.8 Å². The number of nitrogens with zero attached hydrogens (tertiary/aromatic N) is 1. The van der Waals surface area contributed by atoms with Crippen molar-refractivity contribution in [3.05, 3.63) is 23.3 Å². The van der Waals surface area contributed by atoms with Crippen molar-refractivity contribution >= 4 is 21.6 Å². The first-order valence-corrected chi connectivity index (χ1v) is 9.47. The van der Waals surface area contributed by atoms with Crippen LogP contribution < -0.4 is 9.62 Å². The van der Waals surface area contributed by atoms with Crippen molar-refractivity contribution < 1.29 is 13.2 Å². The van der Waals surface area contributed by atoms with E-state index < -0.39 is 10.0 Å². The molecule has 0 atom stereocenters. The number of unbranched alkanes of at least 4 members (excludes halogenated alkanes) is 1. The number of sulfonamides is 1. The van der Waals surface area contributed by atoms with Crippen molar-refractivity contribution in [2.45, 2.75) is 50.3 Å². The normalized spacial score (nSPS) is 17.5. The van der Waals surface area contributed by atoms with Crippen LogP contribution >= 0.6 is 0 Å². The minimum Gasteiger partial charge on any atom is -0.312 e. The molecule has 1 N–H and O–H groups in total. The average Bonchev–Trinajstić information content (AvgIpc) is 2.51. The van der Waals surface area contributed by atoms with Crippen molar-refractivity contribution in [3.8, 4) is 0 Å². The molecule has 0 aliphatic carbocycles. The lowest BCUT2D eigenvalue weighted by Crippen LogP contribution is -2.39. The van der Waals surface area contributed by atoms with Gasteiger partial charge in [0.05, 0.1) is 10.6 Å². The lowest BCUT2D eigenvalue weighted by molar-refractivity contribution is -0.119. The Hall–Kier alpha value is -1.40. The van der Waals surface area contributed by atoms with Crippen molar-refractivity contribution in [2.75, 3.05) is 18.0 Å². The molecule has 1 amide bonds. The molecule has 22 heavy (non-hydrogen) atoms. The van der Waals surface area contributed by atoms with Crippen LogP contribution in [0.25, 0.3) is 0 Å². The molecule has 0 spiro atoms. The summed E-state index contributed by atoms with van der Waals surface area (Å²) in [5.74, 6) is 0.158. The Labute approximate surface area is 131 Å².